The third-order valence-corrected chi connectivity index (χ3v) is 4.26. The summed E-state index contributed by atoms with van der Waals surface area (Å²) in [6.07, 6.45) is 5.08. The SMILES string of the molecule is O=C(CCc1cccs1)NCC1(O)CCCC1. The molecule has 1 amide bonds. The van der Waals surface area contributed by atoms with Crippen LogP contribution >= 0.6 is 11.3 Å². The van der Waals surface area contributed by atoms with Crippen molar-refractivity contribution in [1.29, 1.82) is 0 Å². The lowest BCUT2D eigenvalue weighted by Crippen LogP contribution is -2.40. The van der Waals surface area contributed by atoms with Crippen LogP contribution in [0.1, 0.15) is 37.0 Å². The molecule has 1 aliphatic carbocycles. The van der Waals surface area contributed by atoms with Crippen molar-refractivity contribution >= 4 is 17.2 Å². The summed E-state index contributed by atoms with van der Waals surface area (Å²) in [5.41, 5.74) is -0.640. The molecule has 0 aliphatic heterocycles. The van der Waals surface area contributed by atoms with Gasteiger partial charge >= 0.3 is 0 Å². The quantitative estimate of drug-likeness (QED) is 0.844. The fourth-order valence-corrected chi connectivity index (χ4v) is 2.96. The predicted molar refractivity (Wildman–Crippen MR) is 69.1 cm³/mol. The highest BCUT2D eigenvalue weighted by molar-refractivity contribution is 7.09. The van der Waals surface area contributed by atoms with E-state index in [1.807, 2.05) is 17.5 Å². The van der Waals surface area contributed by atoms with Gasteiger partial charge in [0.2, 0.25) is 5.91 Å². The maximum atomic E-state index is 11.6. The summed E-state index contributed by atoms with van der Waals surface area (Å²) in [6, 6.07) is 4.04. The second-order valence-electron chi connectivity index (χ2n) is 4.79. The van der Waals surface area contributed by atoms with Gasteiger partial charge in [0, 0.05) is 17.8 Å². The molecule has 4 heteroatoms. The van der Waals surface area contributed by atoms with Gasteiger partial charge in [0.15, 0.2) is 0 Å². The first-order valence-corrected chi connectivity index (χ1v) is 7.07. The molecule has 0 aromatic carbocycles. The van der Waals surface area contributed by atoms with E-state index in [2.05, 4.69) is 5.32 Å². The van der Waals surface area contributed by atoms with Gasteiger partial charge in [0.05, 0.1) is 5.60 Å². The van der Waals surface area contributed by atoms with Crippen LogP contribution in [0.4, 0.5) is 0 Å². The number of thiophene rings is 1. The van der Waals surface area contributed by atoms with E-state index in [0.717, 1.165) is 32.1 Å². The Morgan fingerprint density at radius 3 is 2.88 bits per heavy atom. The first kappa shape index (κ1) is 12.6. The molecule has 1 aromatic rings. The van der Waals surface area contributed by atoms with Crippen molar-refractivity contribution in [2.24, 2.45) is 0 Å². The van der Waals surface area contributed by atoms with E-state index in [4.69, 9.17) is 0 Å². The molecule has 0 bridgehead atoms. The van der Waals surface area contributed by atoms with Crippen LogP contribution in [0, 0.1) is 0 Å². The molecule has 1 saturated carbocycles. The van der Waals surface area contributed by atoms with E-state index >= 15 is 0 Å². The van der Waals surface area contributed by atoms with Gasteiger partial charge in [-0.15, -0.1) is 11.3 Å². The maximum Gasteiger partial charge on any atom is 0.220 e. The number of amides is 1. The Hall–Kier alpha value is -0.870. The summed E-state index contributed by atoms with van der Waals surface area (Å²) in [6.45, 7) is 0.413. The molecule has 0 unspecified atom stereocenters. The van der Waals surface area contributed by atoms with E-state index in [1.54, 1.807) is 11.3 Å². The van der Waals surface area contributed by atoms with Crippen molar-refractivity contribution in [3.63, 3.8) is 0 Å². The molecule has 1 aliphatic rings. The molecule has 0 saturated heterocycles. The monoisotopic (exact) mass is 253 g/mol. The Morgan fingerprint density at radius 2 is 2.24 bits per heavy atom. The number of nitrogens with one attached hydrogen (secondary N) is 1. The van der Waals surface area contributed by atoms with Gasteiger partial charge in [-0.2, -0.15) is 0 Å². The lowest BCUT2D eigenvalue weighted by molar-refractivity contribution is -0.122. The van der Waals surface area contributed by atoms with E-state index in [1.165, 1.54) is 4.88 Å². The first-order valence-electron chi connectivity index (χ1n) is 6.19. The van der Waals surface area contributed by atoms with Crippen LogP contribution in [-0.2, 0) is 11.2 Å². The number of hydrogen-bond donors (Lipinski definition) is 2. The van der Waals surface area contributed by atoms with Crippen LogP contribution in [-0.4, -0.2) is 23.2 Å². The minimum Gasteiger partial charge on any atom is -0.388 e. The Morgan fingerprint density at radius 1 is 1.47 bits per heavy atom. The summed E-state index contributed by atoms with van der Waals surface area (Å²) in [4.78, 5) is 12.9. The molecule has 2 rings (SSSR count). The molecule has 3 nitrogen and oxygen atoms in total. The topological polar surface area (TPSA) is 49.3 Å². The minimum absolute atomic E-state index is 0.0405. The van der Waals surface area contributed by atoms with Crippen molar-refractivity contribution in [2.75, 3.05) is 6.54 Å². The van der Waals surface area contributed by atoms with Crippen LogP contribution < -0.4 is 5.32 Å². The third-order valence-electron chi connectivity index (χ3n) is 3.33. The van der Waals surface area contributed by atoms with Crippen LogP contribution in [0.25, 0.3) is 0 Å². The average molecular weight is 253 g/mol. The molecule has 1 heterocycles. The molecule has 1 fully saturated rings. The molecule has 0 radical (unpaired) electrons. The standard InChI is InChI=1S/C13H19NO2S/c15-12(6-5-11-4-3-9-17-11)14-10-13(16)7-1-2-8-13/h3-4,9,16H,1-2,5-8,10H2,(H,14,15). The van der Waals surface area contributed by atoms with E-state index in [0.29, 0.717) is 13.0 Å². The highest BCUT2D eigenvalue weighted by atomic mass is 32.1. The predicted octanol–water partition coefficient (Wildman–Crippen LogP) is 2.10. The first-order chi connectivity index (χ1) is 8.18. The molecule has 94 valence electrons. The Bertz CT molecular complexity index is 356. The number of carbonyl (C=O) groups is 1. The fraction of sp³-hybridized carbons (Fsp3) is 0.615. The normalized spacial score (nSPS) is 18.2. The van der Waals surface area contributed by atoms with E-state index in [-0.39, 0.29) is 5.91 Å². The number of rotatable bonds is 5. The van der Waals surface area contributed by atoms with Gasteiger partial charge < -0.3 is 10.4 Å². The lowest BCUT2D eigenvalue weighted by Gasteiger charge is -2.22. The molecular formula is C13H19NO2S. The van der Waals surface area contributed by atoms with Crippen molar-refractivity contribution in [3.8, 4) is 0 Å². The number of aliphatic hydroxyl groups is 1. The smallest absolute Gasteiger partial charge is 0.220 e. The summed E-state index contributed by atoms with van der Waals surface area (Å²) in [5, 5.41) is 14.9. The number of hydrogen-bond acceptors (Lipinski definition) is 3. The fourth-order valence-electron chi connectivity index (χ4n) is 2.25. The van der Waals surface area contributed by atoms with E-state index in [9.17, 15) is 9.90 Å². The summed E-state index contributed by atoms with van der Waals surface area (Å²) in [7, 11) is 0. The lowest BCUT2D eigenvalue weighted by atomic mass is 10.0. The van der Waals surface area contributed by atoms with E-state index < -0.39 is 5.60 Å². The van der Waals surface area contributed by atoms with Crippen LogP contribution in [0.15, 0.2) is 17.5 Å². The zero-order valence-electron chi connectivity index (χ0n) is 9.95. The second-order valence-corrected chi connectivity index (χ2v) is 5.82. The maximum absolute atomic E-state index is 11.6. The largest absolute Gasteiger partial charge is 0.388 e. The molecular weight excluding hydrogens is 234 g/mol. The molecule has 0 spiro atoms. The van der Waals surface area contributed by atoms with Gasteiger partial charge in [0.1, 0.15) is 0 Å². The van der Waals surface area contributed by atoms with Crippen molar-refractivity contribution in [1.82, 2.24) is 5.32 Å². The molecule has 2 N–H and O–H groups in total. The summed E-state index contributed by atoms with van der Waals surface area (Å²) in [5.74, 6) is 0.0405. The zero-order valence-corrected chi connectivity index (χ0v) is 10.8. The molecule has 17 heavy (non-hydrogen) atoms. The van der Waals surface area contributed by atoms with Crippen molar-refractivity contribution in [2.45, 2.75) is 44.1 Å². The Labute approximate surface area is 106 Å². The second kappa shape index (κ2) is 5.65. The van der Waals surface area contributed by atoms with Crippen molar-refractivity contribution < 1.29 is 9.90 Å². The van der Waals surface area contributed by atoms with Crippen LogP contribution in [0.3, 0.4) is 0 Å². The number of carbonyl (C=O) groups excluding carboxylic acids is 1. The third kappa shape index (κ3) is 3.82. The Balaban J connectivity index is 1.67. The van der Waals surface area contributed by atoms with Gasteiger partial charge in [-0.3, -0.25) is 4.79 Å². The highest BCUT2D eigenvalue weighted by Crippen LogP contribution is 2.28. The molecule has 1 aromatic heterocycles. The van der Waals surface area contributed by atoms with Crippen LogP contribution in [0.2, 0.25) is 0 Å². The van der Waals surface area contributed by atoms with Gasteiger partial charge in [-0.05, 0) is 30.7 Å². The summed E-state index contributed by atoms with van der Waals surface area (Å²) >= 11 is 1.68. The van der Waals surface area contributed by atoms with Gasteiger partial charge in [-0.25, -0.2) is 0 Å². The molecule has 0 atom stereocenters. The van der Waals surface area contributed by atoms with Gasteiger partial charge in [-0.1, -0.05) is 18.9 Å². The average Bonchev–Trinajstić information content (AvgIpc) is 2.95. The summed E-state index contributed by atoms with van der Waals surface area (Å²) < 4.78 is 0. The van der Waals surface area contributed by atoms with Crippen LogP contribution in [0.5, 0.6) is 0 Å². The zero-order chi connectivity index (χ0) is 12.1. The number of aryl methyl sites for hydroxylation is 1. The van der Waals surface area contributed by atoms with Gasteiger partial charge in [0.25, 0.3) is 0 Å². The Kier molecular flexibility index (Phi) is 4.18. The minimum atomic E-state index is -0.640. The highest BCUT2D eigenvalue weighted by Gasteiger charge is 2.31. The van der Waals surface area contributed by atoms with Crippen molar-refractivity contribution in [3.05, 3.63) is 22.4 Å².